The molecule has 0 aliphatic heterocycles. The van der Waals surface area contributed by atoms with Crippen LogP contribution in [0.2, 0.25) is 0 Å². The van der Waals surface area contributed by atoms with Crippen molar-refractivity contribution in [2.45, 2.75) is 197 Å². The lowest BCUT2D eigenvalue weighted by Gasteiger charge is -2.41. The van der Waals surface area contributed by atoms with E-state index in [1.54, 1.807) is 6.08 Å². The molecule has 0 saturated heterocycles. The molecule has 1 fully saturated rings. The zero-order valence-electron chi connectivity index (χ0n) is 37.6. The van der Waals surface area contributed by atoms with E-state index in [9.17, 15) is 54.8 Å². The van der Waals surface area contributed by atoms with Crippen LogP contribution in [0.4, 0.5) is 0 Å². The first-order valence-electron chi connectivity index (χ1n) is 22.9. The molecule has 1 aliphatic rings. The van der Waals surface area contributed by atoms with Crippen molar-refractivity contribution >= 4 is 19.8 Å². The highest BCUT2D eigenvalue weighted by Gasteiger charge is 2.51. The van der Waals surface area contributed by atoms with Crippen molar-refractivity contribution in [1.82, 2.24) is 0 Å². The Labute approximate surface area is 375 Å². The Bertz CT molecular complexity index is 1410. The van der Waals surface area contributed by atoms with Crippen molar-refractivity contribution in [3.8, 4) is 0 Å². The van der Waals surface area contributed by atoms with Crippen LogP contribution in [0.15, 0.2) is 72.9 Å². The highest BCUT2D eigenvalue weighted by atomic mass is 31.2. The van der Waals surface area contributed by atoms with Gasteiger partial charge in [-0.1, -0.05) is 119 Å². The fraction of sp³-hybridized carbons (Fsp3) is 0.702. The Kier molecular flexibility index (Phi) is 33.7. The van der Waals surface area contributed by atoms with Gasteiger partial charge in [-0.25, -0.2) is 4.57 Å². The lowest BCUT2D eigenvalue weighted by Crippen LogP contribution is -2.64. The molecule has 63 heavy (non-hydrogen) atoms. The minimum atomic E-state index is -5.20. The Morgan fingerprint density at radius 2 is 1.06 bits per heavy atom. The summed E-state index contributed by atoms with van der Waals surface area (Å²) >= 11 is 0. The highest BCUT2D eigenvalue weighted by Crippen LogP contribution is 2.47. The van der Waals surface area contributed by atoms with E-state index < -0.39 is 87.9 Å². The number of allylic oxidation sites excluding steroid dienone is 11. The topological polar surface area (TPSA) is 250 Å². The summed E-state index contributed by atoms with van der Waals surface area (Å²) in [6, 6.07) is 0. The van der Waals surface area contributed by atoms with Gasteiger partial charge < -0.3 is 50.1 Å². The number of unbranched alkanes of at least 4 members (excludes halogenated alkanes) is 8. The van der Waals surface area contributed by atoms with Crippen LogP contribution in [0.5, 0.6) is 0 Å². The largest absolute Gasteiger partial charge is 0.472 e. The first-order valence-corrected chi connectivity index (χ1v) is 24.4. The molecule has 0 aromatic carbocycles. The van der Waals surface area contributed by atoms with Crippen LogP contribution in [-0.4, -0.2) is 121 Å². The summed E-state index contributed by atoms with van der Waals surface area (Å²) < 4.78 is 33.3. The lowest BCUT2D eigenvalue weighted by atomic mass is 9.85. The van der Waals surface area contributed by atoms with E-state index in [4.69, 9.17) is 18.5 Å². The molecule has 1 saturated carbocycles. The zero-order chi connectivity index (χ0) is 46.7. The van der Waals surface area contributed by atoms with Crippen molar-refractivity contribution < 1.29 is 73.3 Å². The lowest BCUT2D eigenvalue weighted by molar-refractivity contribution is -0.220. The van der Waals surface area contributed by atoms with Crippen LogP contribution < -0.4 is 0 Å². The predicted octanol–water partition coefficient (Wildman–Crippen LogP) is 6.66. The Hall–Kier alpha value is -2.79. The average Bonchev–Trinajstić information content (AvgIpc) is 3.26. The van der Waals surface area contributed by atoms with Crippen LogP contribution in [-0.2, 0) is 32.7 Å². The van der Waals surface area contributed by atoms with Gasteiger partial charge in [0.15, 0.2) is 6.10 Å². The molecule has 8 N–H and O–H groups in total. The number of carbonyl (C=O) groups is 2. The monoisotopic (exact) mass is 915 g/mol. The first kappa shape index (κ1) is 58.2. The molecule has 15 nitrogen and oxygen atoms in total. The molecule has 5 unspecified atom stereocenters. The van der Waals surface area contributed by atoms with Crippen LogP contribution in [0, 0.1) is 0 Å². The summed E-state index contributed by atoms with van der Waals surface area (Å²) in [7, 11) is -5.20. The molecular weight excluding hydrogens is 835 g/mol. The molecule has 0 aromatic heterocycles. The third-order valence-electron chi connectivity index (χ3n) is 10.2. The van der Waals surface area contributed by atoms with Gasteiger partial charge in [0.1, 0.15) is 43.2 Å². The predicted molar refractivity (Wildman–Crippen MR) is 242 cm³/mol. The third-order valence-corrected chi connectivity index (χ3v) is 11.2. The minimum absolute atomic E-state index is 0.0128. The fourth-order valence-corrected chi connectivity index (χ4v) is 7.38. The number of phosphoric ester groups is 1. The second kappa shape index (κ2) is 36.4. The van der Waals surface area contributed by atoms with Crippen molar-refractivity contribution in [3.05, 3.63) is 72.9 Å². The Morgan fingerprint density at radius 3 is 1.65 bits per heavy atom. The van der Waals surface area contributed by atoms with E-state index >= 15 is 0 Å². The Balaban J connectivity index is 2.59. The van der Waals surface area contributed by atoms with Crippen molar-refractivity contribution in [3.63, 3.8) is 0 Å². The van der Waals surface area contributed by atoms with E-state index in [-0.39, 0.29) is 32.1 Å². The molecule has 0 bridgehead atoms. The second-order valence-corrected chi connectivity index (χ2v) is 17.2. The molecule has 16 heteroatoms. The molecule has 0 aromatic rings. The molecule has 0 spiro atoms. The molecule has 0 radical (unpaired) electrons. The van der Waals surface area contributed by atoms with E-state index in [1.165, 1.54) is 19.3 Å². The molecule has 1 rings (SSSR count). The number of ether oxygens (including phenoxy) is 2. The Morgan fingerprint density at radius 1 is 0.571 bits per heavy atom. The van der Waals surface area contributed by atoms with Gasteiger partial charge in [-0.15, -0.1) is 0 Å². The SMILES string of the molecule is CC/C=C\C/C=C\C/C=C\CCCCCCCC(=O)O[C@H](COC(=O)CCCC(O)C(O)C/C=C\C/C=C\C/C=C\CCCCC)COP(=O)(O)OC1[C@H](O)[C@H](O)C(O)[C@H](O)[C@H]1O. The van der Waals surface area contributed by atoms with Gasteiger partial charge in [-0.3, -0.25) is 18.6 Å². The number of carbonyl (C=O) groups excluding carboxylic acids is 2. The maximum Gasteiger partial charge on any atom is 0.472 e. The quantitative estimate of drug-likeness (QED) is 0.0142. The molecular formula is C47H79O15P. The molecule has 0 amide bonds. The smallest absolute Gasteiger partial charge is 0.462 e. The van der Waals surface area contributed by atoms with Crippen LogP contribution in [0.25, 0.3) is 0 Å². The zero-order valence-corrected chi connectivity index (χ0v) is 38.5. The summed E-state index contributed by atoms with van der Waals surface area (Å²) in [4.78, 5) is 35.7. The molecule has 362 valence electrons. The van der Waals surface area contributed by atoms with Crippen molar-refractivity contribution in [1.29, 1.82) is 0 Å². The number of hydrogen-bond donors (Lipinski definition) is 8. The van der Waals surface area contributed by atoms with E-state index in [1.807, 2.05) is 12.2 Å². The maximum atomic E-state index is 12.8. The summed E-state index contributed by atoms with van der Waals surface area (Å²) in [5.74, 6) is -1.41. The fourth-order valence-electron chi connectivity index (χ4n) is 6.40. The number of aliphatic hydroxyl groups is 7. The standard InChI is InChI=1S/C47H79O15P/c1-3-5-7-9-11-13-15-17-18-19-21-23-25-27-29-33-41(51)61-37(36-60-63(57,58)62-47-45(55)43(53)42(52)44(54)46(47)56)35-59-40(50)34-30-32-39(49)38(48)31-28-26-24-22-20-16-14-12-10-8-6-4-2/h5,7,11-14,17-18,20,22,26,28,37-39,42-49,52-56H,3-4,6,8-10,15-16,19,21,23-25,27,29-36H2,1-2H3,(H,57,58)/b7-5-,13-11-,14-12-,18-17-,22-20-,28-26-/t37-,38?,39?,42?,43-,44+,45-,46-,47?/m1/s1. The highest BCUT2D eigenvalue weighted by molar-refractivity contribution is 7.47. The van der Waals surface area contributed by atoms with Gasteiger partial charge in [0.05, 0.1) is 18.8 Å². The average molecular weight is 915 g/mol. The van der Waals surface area contributed by atoms with Gasteiger partial charge >= 0.3 is 19.8 Å². The number of aliphatic hydroxyl groups excluding tert-OH is 7. The number of hydrogen-bond acceptors (Lipinski definition) is 14. The maximum absolute atomic E-state index is 12.8. The van der Waals surface area contributed by atoms with Crippen molar-refractivity contribution in [2.75, 3.05) is 13.2 Å². The number of esters is 2. The second-order valence-electron chi connectivity index (χ2n) is 15.8. The summed E-state index contributed by atoms with van der Waals surface area (Å²) in [5, 5.41) is 70.9. The van der Waals surface area contributed by atoms with Crippen LogP contribution in [0.1, 0.15) is 142 Å². The first-order chi connectivity index (χ1) is 30.2. The van der Waals surface area contributed by atoms with Gasteiger partial charge in [0.25, 0.3) is 0 Å². The van der Waals surface area contributed by atoms with E-state index in [0.717, 1.165) is 64.2 Å². The van der Waals surface area contributed by atoms with Gasteiger partial charge in [0.2, 0.25) is 0 Å². The number of phosphoric acid groups is 1. The molecule has 0 heterocycles. The van der Waals surface area contributed by atoms with E-state index in [2.05, 4.69) is 68.5 Å². The number of rotatable bonds is 36. The van der Waals surface area contributed by atoms with Gasteiger partial charge in [-0.2, -0.15) is 0 Å². The van der Waals surface area contributed by atoms with Gasteiger partial charge in [0, 0.05) is 12.8 Å². The molecule has 10 atom stereocenters. The summed E-state index contributed by atoms with van der Waals surface area (Å²) in [5.41, 5.74) is 0. The summed E-state index contributed by atoms with van der Waals surface area (Å²) in [6.45, 7) is 2.87. The summed E-state index contributed by atoms with van der Waals surface area (Å²) in [6.07, 6.45) is 24.0. The molecule has 1 aliphatic carbocycles. The van der Waals surface area contributed by atoms with Crippen LogP contribution in [0.3, 0.4) is 0 Å². The van der Waals surface area contributed by atoms with Gasteiger partial charge in [-0.05, 0) is 83.5 Å². The van der Waals surface area contributed by atoms with Crippen LogP contribution >= 0.6 is 7.82 Å². The normalized spacial score (nSPS) is 23.4. The minimum Gasteiger partial charge on any atom is -0.462 e. The third kappa shape index (κ3) is 28.7. The van der Waals surface area contributed by atoms with E-state index in [0.29, 0.717) is 12.8 Å². The van der Waals surface area contributed by atoms with Crippen molar-refractivity contribution in [2.24, 2.45) is 0 Å².